The number of carbonyl (C=O) groups is 1. The van der Waals surface area contributed by atoms with Gasteiger partial charge in [-0.15, -0.1) is 0 Å². The summed E-state index contributed by atoms with van der Waals surface area (Å²) >= 11 is 11.9. The minimum atomic E-state index is -4.02. The molecule has 3 rings (SSSR count). The molecule has 0 atom stereocenters. The number of nitrogens with zero attached hydrogens (tertiary/aromatic N) is 3. The highest BCUT2D eigenvalue weighted by molar-refractivity contribution is 7.89. The standard InChI is InChI=1S/C19H18Cl2N4O4S/c1-24(29-2)30(27,28)17-11-14(5-8-16(17)21)19(26)23-18-9-10-22-25(18)12-13-3-6-15(20)7-4-13/h3-11H,12H2,1-2H3,(H,23,26). The predicted octanol–water partition coefficient (Wildman–Crippen LogP) is 3.67. The maximum atomic E-state index is 12.7. The van der Waals surface area contributed by atoms with Crippen LogP contribution in [0.4, 0.5) is 5.82 Å². The Bertz CT molecular complexity index is 1160. The number of amides is 1. The van der Waals surface area contributed by atoms with Crippen LogP contribution in [0, 0.1) is 0 Å². The quantitative estimate of drug-likeness (QED) is 0.533. The Kier molecular flexibility index (Phi) is 6.79. The van der Waals surface area contributed by atoms with Gasteiger partial charge in [-0.25, -0.2) is 13.1 Å². The van der Waals surface area contributed by atoms with Gasteiger partial charge in [-0.3, -0.25) is 9.63 Å². The summed E-state index contributed by atoms with van der Waals surface area (Å²) < 4.78 is 27.3. The van der Waals surface area contributed by atoms with Gasteiger partial charge >= 0.3 is 0 Å². The number of hydrogen-bond acceptors (Lipinski definition) is 5. The second kappa shape index (κ2) is 9.15. The average molecular weight is 469 g/mol. The van der Waals surface area contributed by atoms with Crippen molar-refractivity contribution in [2.24, 2.45) is 0 Å². The first-order valence-electron chi connectivity index (χ1n) is 8.62. The first-order valence-corrected chi connectivity index (χ1v) is 10.8. The first-order chi connectivity index (χ1) is 14.2. The minimum Gasteiger partial charge on any atom is -0.307 e. The Balaban J connectivity index is 1.83. The predicted molar refractivity (Wildman–Crippen MR) is 114 cm³/mol. The second-order valence-corrected chi connectivity index (χ2v) is 8.95. The summed E-state index contributed by atoms with van der Waals surface area (Å²) in [5.74, 6) is -0.0654. The lowest BCUT2D eigenvalue weighted by molar-refractivity contribution is -0.0258. The molecule has 30 heavy (non-hydrogen) atoms. The van der Waals surface area contributed by atoms with Gasteiger partial charge in [0.2, 0.25) is 0 Å². The van der Waals surface area contributed by atoms with Crippen LogP contribution in [-0.4, -0.2) is 42.7 Å². The Morgan fingerprint density at radius 2 is 1.87 bits per heavy atom. The SMILES string of the molecule is CON(C)S(=O)(=O)c1cc(C(=O)Nc2ccnn2Cc2ccc(Cl)cc2)ccc1Cl. The summed E-state index contributed by atoms with van der Waals surface area (Å²) in [6.07, 6.45) is 1.55. The Labute approximate surface area is 184 Å². The number of hydroxylamine groups is 1. The zero-order chi connectivity index (χ0) is 21.9. The smallest absolute Gasteiger partial charge is 0.266 e. The van der Waals surface area contributed by atoms with Gasteiger partial charge < -0.3 is 5.32 Å². The summed E-state index contributed by atoms with van der Waals surface area (Å²) in [6.45, 7) is 0.415. The highest BCUT2D eigenvalue weighted by Crippen LogP contribution is 2.26. The van der Waals surface area contributed by atoms with Crippen molar-refractivity contribution in [2.75, 3.05) is 19.5 Å². The van der Waals surface area contributed by atoms with Crippen LogP contribution in [0.2, 0.25) is 10.0 Å². The van der Waals surface area contributed by atoms with Crippen molar-refractivity contribution < 1.29 is 18.0 Å². The summed E-state index contributed by atoms with van der Waals surface area (Å²) in [6, 6.07) is 12.9. The van der Waals surface area contributed by atoms with Gasteiger partial charge in [-0.05, 0) is 35.9 Å². The molecular formula is C19H18Cl2N4O4S. The lowest BCUT2D eigenvalue weighted by atomic mass is 10.2. The van der Waals surface area contributed by atoms with Crippen molar-refractivity contribution in [1.29, 1.82) is 0 Å². The molecule has 0 radical (unpaired) electrons. The van der Waals surface area contributed by atoms with Crippen molar-refractivity contribution in [3.05, 3.63) is 75.9 Å². The van der Waals surface area contributed by atoms with Crippen molar-refractivity contribution in [2.45, 2.75) is 11.4 Å². The van der Waals surface area contributed by atoms with Crippen LogP contribution in [0.3, 0.4) is 0 Å². The third-order valence-electron chi connectivity index (χ3n) is 4.27. The second-order valence-electron chi connectivity index (χ2n) is 6.20. The molecule has 2 aromatic carbocycles. The van der Waals surface area contributed by atoms with Crippen LogP contribution in [0.5, 0.6) is 0 Å². The van der Waals surface area contributed by atoms with Gasteiger partial charge in [0.15, 0.2) is 0 Å². The molecule has 0 saturated heterocycles. The highest BCUT2D eigenvalue weighted by Gasteiger charge is 2.25. The van der Waals surface area contributed by atoms with E-state index in [1.54, 1.807) is 29.1 Å². The van der Waals surface area contributed by atoms with E-state index in [-0.39, 0.29) is 15.5 Å². The van der Waals surface area contributed by atoms with E-state index >= 15 is 0 Å². The van der Waals surface area contributed by atoms with Crippen LogP contribution in [0.15, 0.2) is 59.6 Å². The van der Waals surface area contributed by atoms with Gasteiger partial charge in [-0.2, -0.15) is 5.10 Å². The number of nitrogens with one attached hydrogen (secondary N) is 1. The Hall–Kier alpha value is -2.43. The molecule has 0 bridgehead atoms. The fourth-order valence-corrected chi connectivity index (χ4v) is 4.19. The number of anilines is 1. The number of halogens is 2. The van der Waals surface area contributed by atoms with Crippen LogP contribution in [0.25, 0.3) is 0 Å². The fourth-order valence-electron chi connectivity index (χ4n) is 2.59. The molecule has 0 saturated carbocycles. The van der Waals surface area contributed by atoms with Crippen LogP contribution in [0.1, 0.15) is 15.9 Å². The van der Waals surface area contributed by atoms with E-state index in [0.717, 1.165) is 5.56 Å². The molecule has 0 aliphatic carbocycles. The molecular weight excluding hydrogens is 451 g/mol. The summed E-state index contributed by atoms with van der Waals surface area (Å²) in [5.41, 5.74) is 1.06. The molecule has 0 aliphatic rings. The monoisotopic (exact) mass is 468 g/mol. The van der Waals surface area contributed by atoms with E-state index in [9.17, 15) is 13.2 Å². The molecule has 0 spiro atoms. The third kappa shape index (κ3) is 4.82. The highest BCUT2D eigenvalue weighted by atomic mass is 35.5. The maximum absolute atomic E-state index is 12.7. The minimum absolute atomic E-state index is 0.0248. The number of benzene rings is 2. The first kappa shape index (κ1) is 22.3. The zero-order valence-electron chi connectivity index (χ0n) is 16.0. The molecule has 0 fully saturated rings. The normalized spacial score (nSPS) is 11.6. The molecule has 3 aromatic rings. The van der Waals surface area contributed by atoms with Crippen molar-refractivity contribution >= 4 is 45.0 Å². The number of sulfonamides is 1. The van der Waals surface area contributed by atoms with Crippen molar-refractivity contribution in [3.63, 3.8) is 0 Å². The van der Waals surface area contributed by atoms with Gasteiger partial charge in [0.05, 0.1) is 24.9 Å². The molecule has 8 nitrogen and oxygen atoms in total. The van der Waals surface area contributed by atoms with Gasteiger partial charge in [0, 0.05) is 23.7 Å². The van der Waals surface area contributed by atoms with Crippen LogP contribution in [-0.2, 0) is 21.4 Å². The van der Waals surface area contributed by atoms with Gasteiger partial charge in [0.25, 0.3) is 15.9 Å². The Morgan fingerprint density at radius 3 is 2.53 bits per heavy atom. The molecule has 158 valence electrons. The molecule has 1 heterocycles. The van der Waals surface area contributed by atoms with E-state index < -0.39 is 15.9 Å². The van der Waals surface area contributed by atoms with E-state index in [2.05, 4.69) is 10.4 Å². The Morgan fingerprint density at radius 1 is 1.17 bits per heavy atom. The molecule has 1 N–H and O–H groups in total. The number of carbonyl (C=O) groups excluding carboxylic acids is 1. The van der Waals surface area contributed by atoms with E-state index in [0.29, 0.717) is 21.9 Å². The summed E-state index contributed by atoms with van der Waals surface area (Å²) in [7, 11) is -1.58. The number of rotatable bonds is 7. The fraction of sp³-hybridized carbons (Fsp3) is 0.158. The lowest BCUT2D eigenvalue weighted by Gasteiger charge is -2.16. The van der Waals surface area contributed by atoms with Gasteiger partial charge in [-0.1, -0.05) is 39.8 Å². The van der Waals surface area contributed by atoms with Gasteiger partial charge in [0.1, 0.15) is 10.7 Å². The summed E-state index contributed by atoms with van der Waals surface area (Å²) in [4.78, 5) is 17.3. The number of hydrogen-bond donors (Lipinski definition) is 1. The lowest BCUT2D eigenvalue weighted by Crippen LogP contribution is -2.26. The molecule has 11 heteroatoms. The molecule has 0 unspecified atom stereocenters. The largest absolute Gasteiger partial charge is 0.307 e. The molecule has 0 aliphatic heterocycles. The topological polar surface area (TPSA) is 93.5 Å². The zero-order valence-corrected chi connectivity index (χ0v) is 18.4. The average Bonchev–Trinajstić information content (AvgIpc) is 3.15. The maximum Gasteiger partial charge on any atom is 0.266 e. The van der Waals surface area contributed by atoms with Crippen LogP contribution >= 0.6 is 23.2 Å². The van der Waals surface area contributed by atoms with Crippen molar-refractivity contribution in [1.82, 2.24) is 14.2 Å². The van der Waals surface area contributed by atoms with E-state index in [1.807, 2.05) is 12.1 Å². The number of aromatic nitrogens is 2. The van der Waals surface area contributed by atoms with E-state index in [1.165, 1.54) is 32.4 Å². The molecule has 1 aromatic heterocycles. The third-order valence-corrected chi connectivity index (χ3v) is 6.68. The summed E-state index contributed by atoms with van der Waals surface area (Å²) in [5, 5.41) is 7.55. The van der Waals surface area contributed by atoms with E-state index in [4.69, 9.17) is 28.0 Å². The van der Waals surface area contributed by atoms with Crippen LogP contribution < -0.4 is 5.32 Å². The molecule has 1 amide bonds. The van der Waals surface area contributed by atoms with Crippen molar-refractivity contribution in [3.8, 4) is 0 Å².